The van der Waals surface area contributed by atoms with Gasteiger partial charge in [-0.1, -0.05) is 42.1 Å². The minimum absolute atomic E-state index is 0.252. The number of nitrogens with zero attached hydrogens (tertiary/aromatic N) is 6. The summed E-state index contributed by atoms with van der Waals surface area (Å²) in [6.07, 6.45) is 0. The van der Waals surface area contributed by atoms with Crippen LogP contribution in [0.25, 0.3) is 5.69 Å². The monoisotopic (exact) mass is 479 g/mol. The van der Waals surface area contributed by atoms with Crippen LogP contribution in [-0.2, 0) is 18.4 Å². The Morgan fingerprint density at radius 1 is 1.15 bits per heavy atom. The highest BCUT2D eigenvalue weighted by atomic mass is 32.2. The smallest absolute Gasteiger partial charge is 0.295 e. The van der Waals surface area contributed by atoms with Crippen molar-refractivity contribution in [3.63, 3.8) is 0 Å². The summed E-state index contributed by atoms with van der Waals surface area (Å²) in [5.41, 5.74) is 2.33. The molecule has 0 fully saturated rings. The Kier molecular flexibility index (Phi) is 6.82. The summed E-state index contributed by atoms with van der Waals surface area (Å²) in [6.45, 7) is 4.00. The van der Waals surface area contributed by atoms with Crippen LogP contribution in [0.5, 0.6) is 5.75 Å². The van der Waals surface area contributed by atoms with Crippen molar-refractivity contribution in [1.29, 1.82) is 0 Å². The number of benzene rings is 2. The van der Waals surface area contributed by atoms with E-state index in [-0.39, 0.29) is 17.2 Å². The largest absolute Gasteiger partial charge is 0.497 e. The zero-order valence-corrected chi connectivity index (χ0v) is 20.1. The zero-order valence-electron chi connectivity index (χ0n) is 19.3. The Morgan fingerprint density at radius 3 is 2.53 bits per heavy atom. The van der Waals surface area contributed by atoms with E-state index in [4.69, 9.17) is 4.74 Å². The molecule has 0 unspecified atom stereocenters. The van der Waals surface area contributed by atoms with Gasteiger partial charge in [-0.15, -0.1) is 5.10 Å². The van der Waals surface area contributed by atoms with Gasteiger partial charge in [0.15, 0.2) is 0 Å². The summed E-state index contributed by atoms with van der Waals surface area (Å²) in [5.74, 6) is 0.456. The van der Waals surface area contributed by atoms with E-state index in [9.17, 15) is 9.59 Å². The maximum Gasteiger partial charge on any atom is 0.295 e. The minimum atomic E-state index is -0.537. The number of aromatic nitrogens is 6. The molecule has 0 saturated heterocycles. The first-order chi connectivity index (χ1) is 16.4. The van der Waals surface area contributed by atoms with Crippen LogP contribution in [0.1, 0.15) is 18.2 Å². The first-order valence-corrected chi connectivity index (χ1v) is 11.5. The second-order valence-corrected chi connectivity index (χ2v) is 8.96. The van der Waals surface area contributed by atoms with Crippen LogP contribution in [0.15, 0.2) is 64.5 Å². The molecule has 11 heteroatoms. The van der Waals surface area contributed by atoms with E-state index in [1.54, 1.807) is 37.4 Å². The minimum Gasteiger partial charge on any atom is -0.497 e. The number of anilines is 1. The van der Waals surface area contributed by atoms with E-state index in [0.29, 0.717) is 17.4 Å². The molecule has 10 nitrogen and oxygen atoms in total. The predicted molar refractivity (Wildman–Crippen MR) is 130 cm³/mol. The third-order valence-corrected chi connectivity index (χ3v) is 6.52. The van der Waals surface area contributed by atoms with Crippen LogP contribution in [-0.4, -0.2) is 47.8 Å². The molecule has 4 rings (SSSR count). The lowest BCUT2D eigenvalue weighted by molar-refractivity contribution is -0.115. The molecule has 1 amide bonds. The standard InChI is InChI=1S/C23H25N7O3S/c1-15-20(22(32)30(28(15)3)18-8-6-5-7-9-18)24-21(31)16(2)34-23-25-26-27-29(23)14-17-10-12-19(33-4)13-11-17/h5-13,16H,14H2,1-4H3,(H,24,31)/t16-/m1/s1. The third kappa shape index (κ3) is 4.74. The van der Waals surface area contributed by atoms with Crippen LogP contribution in [0.3, 0.4) is 0 Å². The number of thioether (sulfide) groups is 1. The molecule has 2 aromatic heterocycles. The van der Waals surface area contributed by atoms with Crippen molar-refractivity contribution in [2.45, 2.75) is 30.8 Å². The fraction of sp³-hybridized carbons (Fsp3) is 0.261. The highest BCUT2D eigenvalue weighted by Crippen LogP contribution is 2.23. The lowest BCUT2D eigenvalue weighted by Gasteiger charge is -2.11. The molecule has 0 aliphatic heterocycles. The Labute approximate surface area is 200 Å². The average molecular weight is 480 g/mol. The molecule has 2 heterocycles. The van der Waals surface area contributed by atoms with Gasteiger partial charge in [0, 0.05) is 7.05 Å². The third-order valence-electron chi connectivity index (χ3n) is 5.44. The predicted octanol–water partition coefficient (Wildman–Crippen LogP) is 2.65. The van der Waals surface area contributed by atoms with Gasteiger partial charge in [0.2, 0.25) is 11.1 Å². The lowest BCUT2D eigenvalue weighted by Crippen LogP contribution is -2.27. The molecule has 176 valence electrons. The quantitative estimate of drug-likeness (QED) is 0.387. The van der Waals surface area contributed by atoms with E-state index in [2.05, 4.69) is 20.8 Å². The van der Waals surface area contributed by atoms with Crippen LogP contribution in [0.2, 0.25) is 0 Å². The van der Waals surface area contributed by atoms with Gasteiger partial charge in [0.05, 0.1) is 30.3 Å². The molecule has 0 spiro atoms. The fourth-order valence-corrected chi connectivity index (χ4v) is 4.22. The maximum atomic E-state index is 13.1. The molecule has 0 bridgehead atoms. The number of para-hydroxylation sites is 1. The van der Waals surface area contributed by atoms with Crippen molar-refractivity contribution >= 4 is 23.4 Å². The number of rotatable bonds is 8. The maximum absolute atomic E-state index is 13.1. The molecule has 0 saturated carbocycles. The summed E-state index contributed by atoms with van der Waals surface area (Å²) in [7, 11) is 3.40. The first-order valence-electron chi connectivity index (χ1n) is 10.6. The number of tetrazole rings is 1. The normalized spacial score (nSPS) is 11.9. The summed E-state index contributed by atoms with van der Waals surface area (Å²) in [4.78, 5) is 26.0. The molecule has 1 N–H and O–H groups in total. The van der Waals surface area contributed by atoms with Crippen molar-refractivity contribution in [3.8, 4) is 11.4 Å². The number of carbonyl (C=O) groups is 1. The van der Waals surface area contributed by atoms with Crippen molar-refractivity contribution < 1.29 is 9.53 Å². The number of hydrogen-bond donors (Lipinski definition) is 1. The second-order valence-electron chi connectivity index (χ2n) is 7.65. The Balaban J connectivity index is 1.48. The van der Waals surface area contributed by atoms with Crippen molar-refractivity contribution in [1.82, 2.24) is 29.6 Å². The topological polar surface area (TPSA) is 109 Å². The number of amides is 1. The summed E-state index contributed by atoms with van der Waals surface area (Å²) < 4.78 is 10.1. The molecule has 4 aromatic rings. The number of carbonyl (C=O) groups excluding carboxylic acids is 1. The van der Waals surface area contributed by atoms with E-state index < -0.39 is 5.25 Å². The Bertz CT molecular complexity index is 1340. The average Bonchev–Trinajstić information content (AvgIpc) is 3.37. The number of nitrogens with one attached hydrogen (secondary N) is 1. The summed E-state index contributed by atoms with van der Waals surface area (Å²) in [5, 5.41) is 14.6. The van der Waals surface area contributed by atoms with Gasteiger partial charge in [-0.2, -0.15) is 0 Å². The molecule has 0 aliphatic rings. The second kappa shape index (κ2) is 9.96. The van der Waals surface area contributed by atoms with Crippen LogP contribution in [0.4, 0.5) is 5.69 Å². The molecule has 0 radical (unpaired) electrons. The molecular formula is C23H25N7O3S. The zero-order chi connectivity index (χ0) is 24.2. The Hall–Kier alpha value is -3.86. The van der Waals surface area contributed by atoms with Gasteiger partial charge in [0.25, 0.3) is 5.56 Å². The van der Waals surface area contributed by atoms with Gasteiger partial charge in [-0.05, 0) is 54.1 Å². The molecule has 2 aromatic carbocycles. The number of hydrogen-bond acceptors (Lipinski definition) is 7. The van der Waals surface area contributed by atoms with Gasteiger partial charge >= 0.3 is 0 Å². The van der Waals surface area contributed by atoms with Gasteiger partial charge in [0.1, 0.15) is 11.4 Å². The number of methoxy groups -OCH3 is 1. The molecule has 1 atom stereocenters. The van der Waals surface area contributed by atoms with Crippen molar-refractivity contribution in [2.75, 3.05) is 12.4 Å². The molecular weight excluding hydrogens is 454 g/mol. The van der Waals surface area contributed by atoms with Crippen LogP contribution < -0.4 is 15.6 Å². The fourth-order valence-electron chi connectivity index (χ4n) is 3.43. The highest BCUT2D eigenvalue weighted by Gasteiger charge is 2.23. The highest BCUT2D eigenvalue weighted by molar-refractivity contribution is 8.00. The van der Waals surface area contributed by atoms with Crippen molar-refractivity contribution in [2.24, 2.45) is 7.05 Å². The van der Waals surface area contributed by atoms with E-state index in [0.717, 1.165) is 17.0 Å². The molecule has 34 heavy (non-hydrogen) atoms. The molecule has 0 aliphatic carbocycles. The Morgan fingerprint density at radius 2 is 1.85 bits per heavy atom. The van der Waals surface area contributed by atoms with E-state index in [1.807, 2.05) is 54.6 Å². The van der Waals surface area contributed by atoms with Gasteiger partial charge < -0.3 is 10.1 Å². The lowest BCUT2D eigenvalue weighted by atomic mass is 10.2. The van der Waals surface area contributed by atoms with E-state index in [1.165, 1.54) is 16.4 Å². The van der Waals surface area contributed by atoms with Gasteiger partial charge in [-0.3, -0.25) is 14.3 Å². The number of ether oxygens (including phenoxy) is 1. The van der Waals surface area contributed by atoms with Crippen molar-refractivity contribution in [3.05, 3.63) is 76.2 Å². The summed E-state index contributed by atoms with van der Waals surface area (Å²) in [6, 6.07) is 16.9. The van der Waals surface area contributed by atoms with E-state index >= 15 is 0 Å². The van der Waals surface area contributed by atoms with Crippen LogP contribution >= 0.6 is 11.8 Å². The van der Waals surface area contributed by atoms with Crippen LogP contribution in [0, 0.1) is 6.92 Å². The SMILES string of the molecule is COc1ccc(Cn2nnnc2S[C@H](C)C(=O)Nc2c(C)n(C)n(-c3ccccc3)c2=O)cc1. The van der Waals surface area contributed by atoms with Gasteiger partial charge in [-0.25, -0.2) is 9.36 Å². The first kappa shape index (κ1) is 23.3. The summed E-state index contributed by atoms with van der Waals surface area (Å²) >= 11 is 1.22.